The number of nitrogens with two attached hydrogens (primary N) is 1. The van der Waals surface area contributed by atoms with Crippen LogP contribution in [0.4, 0.5) is 14.5 Å². The predicted octanol–water partition coefficient (Wildman–Crippen LogP) is -0.478. The van der Waals surface area contributed by atoms with E-state index in [2.05, 4.69) is 0 Å². The van der Waals surface area contributed by atoms with E-state index in [4.69, 9.17) is 15.9 Å². The molecular weight excluding hydrogens is 282 g/mol. The van der Waals surface area contributed by atoms with Crippen LogP contribution < -0.4 is 5.73 Å². The highest BCUT2D eigenvalue weighted by Crippen LogP contribution is 2.25. The smallest absolute Gasteiger partial charge is 0.246 e. The molecule has 0 atom stereocenters. The molecule has 108 valence electrons. The molecule has 6 nitrogen and oxygen atoms in total. The van der Waals surface area contributed by atoms with Crippen LogP contribution in [-0.4, -0.2) is 49.2 Å². The predicted molar refractivity (Wildman–Crippen MR) is 63.7 cm³/mol. The van der Waals surface area contributed by atoms with E-state index in [0.29, 0.717) is 4.31 Å². The van der Waals surface area contributed by atoms with Crippen molar-refractivity contribution < 1.29 is 27.4 Å². The zero-order chi connectivity index (χ0) is 14.6. The Morgan fingerprint density at radius 3 is 2.16 bits per heavy atom. The molecule has 19 heavy (non-hydrogen) atoms. The number of aliphatic hydroxyl groups excluding tert-OH is 2. The topological polar surface area (TPSA) is 104 Å². The van der Waals surface area contributed by atoms with Crippen LogP contribution in [0.25, 0.3) is 0 Å². The van der Waals surface area contributed by atoms with E-state index in [1.165, 1.54) is 0 Å². The molecule has 0 amide bonds. The number of anilines is 1. The number of benzene rings is 1. The van der Waals surface area contributed by atoms with Gasteiger partial charge in [0, 0.05) is 13.1 Å². The van der Waals surface area contributed by atoms with Crippen molar-refractivity contribution in [3.63, 3.8) is 0 Å². The molecule has 1 rings (SSSR count). The number of nitrogen functional groups attached to an aromatic ring is 1. The Bertz CT molecular complexity index is 545. The van der Waals surface area contributed by atoms with Crippen molar-refractivity contribution in [3.05, 3.63) is 23.8 Å². The molecule has 0 spiro atoms. The van der Waals surface area contributed by atoms with E-state index in [-0.39, 0.29) is 13.1 Å². The molecule has 0 saturated carbocycles. The normalized spacial score (nSPS) is 12.1. The fourth-order valence-corrected chi connectivity index (χ4v) is 2.96. The van der Waals surface area contributed by atoms with Gasteiger partial charge in [-0.2, -0.15) is 4.31 Å². The monoisotopic (exact) mass is 296 g/mol. The minimum absolute atomic E-state index is 0.320. The second-order valence-electron chi connectivity index (χ2n) is 3.62. The van der Waals surface area contributed by atoms with Crippen LogP contribution in [0, 0.1) is 11.6 Å². The zero-order valence-electron chi connectivity index (χ0n) is 9.88. The van der Waals surface area contributed by atoms with E-state index < -0.39 is 45.5 Å². The first-order valence-electron chi connectivity index (χ1n) is 5.31. The van der Waals surface area contributed by atoms with Gasteiger partial charge in [0.05, 0.1) is 13.2 Å². The maximum absolute atomic E-state index is 13.7. The average molecular weight is 296 g/mol. The molecule has 0 saturated heterocycles. The summed E-state index contributed by atoms with van der Waals surface area (Å²) in [5, 5.41) is 17.6. The third-order valence-electron chi connectivity index (χ3n) is 2.41. The summed E-state index contributed by atoms with van der Waals surface area (Å²) in [6.45, 7) is -1.64. The van der Waals surface area contributed by atoms with Gasteiger partial charge in [0.2, 0.25) is 10.0 Å². The van der Waals surface area contributed by atoms with E-state index in [1.54, 1.807) is 0 Å². The van der Waals surface area contributed by atoms with Gasteiger partial charge in [0.1, 0.15) is 16.4 Å². The van der Waals surface area contributed by atoms with Gasteiger partial charge in [-0.15, -0.1) is 0 Å². The van der Waals surface area contributed by atoms with Crippen molar-refractivity contribution in [1.82, 2.24) is 4.31 Å². The SMILES string of the molecule is Nc1c(F)ccc(S(=O)(=O)N(CCO)CCO)c1F. The molecule has 0 aromatic heterocycles. The lowest BCUT2D eigenvalue weighted by Crippen LogP contribution is -2.36. The Morgan fingerprint density at radius 2 is 1.68 bits per heavy atom. The van der Waals surface area contributed by atoms with Crippen molar-refractivity contribution in [3.8, 4) is 0 Å². The molecule has 0 aliphatic rings. The third-order valence-corrected chi connectivity index (χ3v) is 4.32. The summed E-state index contributed by atoms with van der Waals surface area (Å²) in [6, 6.07) is 1.49. The highest BCUT2D eigenvalue weighted by molar-refractivity contribution is 7.89. The van der Waals surface area contributed by atoms with E-state index in [1.807, 2.05) is 0 Å². The summed E-state index contributed by atoms with van der Waals surface area (Å²) in [5.74, 6) is -2.45. The minimum Gasteiger partial charge on any atom is -0.395 e. The molecule has 0 aliphatic carbocycles. The Morgan fingerprint density at radius 1 is 1.16 bits per heavy atom. The Balaban J connectivity index is 3.29. The number of nitrogens with zero attached hydrogens (tertiary/aromatic N) is 1. The second kappa shape index (κ2) is 6.24. The number of rotatable bonds is 6. The minimum atomic E-state index is -4.30. The van der Waals surface area contributed by atoms with Crippen LogP contribution in [0.1, 0.15) is 0 Å². The highest BCUT2D eigenvalue weighted by Gasteiger charge is 2.28. The standard InChI is InChI=1S/C10H14F2N2O4S/c11-7-1-2-8(9(12)10(7)13)19(17,18)14(3-5-15)4-6-16/h1-2,15-16H,3-6,13H2. The van der Waals surface area contributed by atoms with Crippen LogP contribution in [0.3, 0.4) is 0 Å². The quantitative estimate of drug-likeness (QED) is 0.615. The lowest BCUT2D eigenvalue weighted by atomic mass is 10.3. The molecule has 9 heteroatoms. The van der Waals surface area contributed by atoms with Crippen LogP contribution >= 0.6 is 0 Å². The number of hydrogen-bond donors (Lipinski definition) is 3. The van der Waals surface area contributed by atoms with Crippen LogP contribution in [0.2, 0.25) is 0 Å². The fraction of sp³-hybridized carbons (Fsp3) is 0.400. The molecule has 0 radical (unpaired) electrons. The van der Waals surface area contributed by atoms with Crippen molar-refractivity contribution in [1.29, 1.82) is 0 Å². The third kappa shape index (κ3) is 3.18. The average Bonchev–Trinajstić information content (AvgIpc) is 2.35. The molecule has 0 bridgehead atoms. The summed E-state index contributed by atoms with van der Waals surface area (Å²) in [5.41, 5.74) is 4.20. The molecule has 0 unspecified atom stereocenters. The molecule has 0 aliphatic heterocycles. The van der Waals surface area contributed by atoms with Crippen molar-refractivity contribution >= 4 is 15.7 Å². The summed E-state index contributed by atoms with van der Waals surface area (Å²) in [7, 11) is -4.30. The van der Waals surface area contributed by atoms with E-state index in [9.17, 15) is 17.2 Å². The van der Waals surface area contributed by atoms with Gasteiger partial charge in [-0.25, -0.2) is 17.2 Å². The first-order valence-corrected chi connectivity index (χ1v) is 6.75. The Kier molecular flexibility index (Phi) is 5.18. The van der Waals surface area contributed by atoms with Gasteiger partial charge in [-0.1, -0.05) is 0 Å². The number of aliphatic hydroxyl groups is 2. The molecule has 0 fully saturated rings. The van der Waals surface area contributed by atoms with Crippen LogP contribution in [-0.2, 0) is 10.0 Å². The van der Waals surface area contributed by atoms with Gasteiger partial charge >= 0.3 is 0 Å². The van der Waals surface area contributed by atoms with Crippen LogP contribution in [0.5, 0.6) is 0 Å². The van der Waals surface area contributed by atoms with Gasteiger partial charge in [-0.3, -0.25) is 0 Å². The molecule has 1 aromatic carbocycles. The van der Waals surface area contributed by atoms with Crippen molar-refractivity contribution in [2.45, 2.75) is 4.90 Å². The summed E-state index contributed by atoms with van der Waals surface area (Å²) in [6.07, 6.45) is 0. The fourth-order valence-electron chi connectivity index (χ4n) is 1.46. The van der Waals surface area contributed by atoms with Gasteiger partial charge in [0.25, 0.3) is 0 Å². The second-order valence-corrected chi connectivity index (χ2v) is 5.53. The maximum atomic E-state index is 13.7. The highest BCUT2D eigenvalue weighted by atomic mass is 32.2. The first kappa shape index (κ1) is 15.8. The van der Waals surface area contributed by atoms with E-state index in [0.717, 1.165) is 12.1 Å². The lowest BCUT2D eigenvalue weighted by molar-refractivity contribution is 0.217. The Hall–Kier alpha value is -1.29. The maximum Gasteiger partial charge on any atom is 0.246 e. The molecule has 4 N–H and O–H groups in total. The Labute approximate surface area is 109 Å². The van der Waals surface area contributed by atoms with Crippen molar-refractivity contribution in [2.24, 2.45) is 0 Å². The van der Waals surface area contributed by atoms with E-state index >= 15 is 0 Å². The molecule has 0 heterocycles. The zero-order valence-corrected chi connectivity index (χ0v) is 10.7. The number of hydrogen-bond acceptors (Lipinski definition) is 5. The van der Waals surface area contributed by atoms with Crippen LogP contribution in [0.15, 0.2) is 17.0 Å². The first-order chi connectivity index (χ1) is 8.86. The largest absolute Gasteiger partial charge is 0.395 e. The van der Waals surface area contributed by atoms with Gasteiger partial charge in [-0.05, 0) is 12.1 Å². The van der Waals surface area contributed by atoms with Gasteiger partial charge < -0.3 is 15.9 Å². The lowest BCUT2D eigenvalue weighted by Gasteiger charge is -2.20. The summed E-state index contributed by atoms with van der Waals surface area (Å²) in [4.78, 5) is -0.798. The summed E-state index contributed by atoms with van der Waals surface area (Å²) < 4.78 is 51.5. The molecular formula is C10H14F2N2O4S. The number of halogens is 2. The summed E-state index contributed by atoms with van der Waals surface area (Å²) >= 11 is 0. The number of sulfonamides is 1. The van der Waals surface area contributed by atoms with Gasteiger partial charge in [0.15, 0.2) is 5.82 Å². The molecule has 1 aromatic rings. The van der Waals surface area contributed by atoms with Crippen molar-refractivity contribution in [2.75, 3.05) is 32.0 Å².